The molecule has 0 aromatic heterocycles. The van der Waals surface area contributed by atoms with E-state index in [1.54, 1.807) is 13.8 Å². The van der Waals surface area contributed by atoms with Gasteiger partial charge in [0.2, 0.25) is 0 Å². The SMILES string of the molecule is CC.CC(C)NC(=O)O.Cc1ccccc1CCC(C)C. The van der Waals surface area contributed by atoms with Crippen molar-refractivity contribution in [2.24, 2.45) is 5.92 Å². The van der Waals surface area contributed by atoms with Gasteiger partial charge in [0.1, 0.15) is 0 Å². The zero-order chi connectivity index (χ0) is 16.8. The van der Waals surface area contributed by atoms with E-state index in [0.29, 0.717) is 0 Å². The summed E-state index contributed by atoms with van der Waals surface area (Å²) in [7, 11) is 0. The van der Waals surface area contributed by atoms with Crippen LogP contribution in [-0.4, -0.2) is 17.2 Å². The highest BCUT2D eigenvalue weighted by Gasteiger charge is 1.98. The average molecular weight is 295 g/mol. The lowest BCUT2D eigenvalue weighted by Crippen LogP contribution is -2.27. The first-order valence-corrected chi connectivity index (χ1v) is 7.86. The Morgan fingerprint density at radius 1 is 1.14 bits per heavy atom. The molecular weight excluding hydrogens is 262 g/mol. The number of aryl methyl sites for hydroxylation is 2. The van der Waals surface area contributed by atoms with E-state index in [-0.39, 0.29) is 6.04 Å². The number of rotatable bonds is 4. The molecule has 3 nitrogen and oxygen atoms in total. The first-order chi connectivity index (χ1) is 9.82. The van der Waals surface area contributed by atoms with Crippen molar-refractivity contribution in [2.75, 3.05) is 0 Å². The molecule has 0 aliphatic heterocycles. The number of hydrogen-bond donors (Lipinski definition) is 2. The van der Waals surface area contributed by atoms with Crippen molar-refractivity contribution in [1.82, 2.24) is 5.32 Å². The van der Waals surface area contributed by atoms with Crippen LogP contribution in [0.3, 0.4) is 0 Å². The minimum atomic E-state index is -0.963. The Balaban J connectivity index is 0. The molecule has 0 unspecified atom stereocenters. The Bertz CT molecular complexity index is 373. The maximum atomic E-state index is 9.70. The zero-order valence-corrected chi connectivity index (χ0v) is 14.7. The van der Waals surface area contributed by atoms with Crippen molar-refractivity contribution in [3.05, 3.63) is 35.4 Å². The molecule has 0 aliphatic carbocycles. The van der Waals surface area contributed by atoms with E-state index in [1.807, 2.05) is 13.8 Å². The fourth-order valence-electron chi connectivity index (χ4n) is 1.58. The van der Waals surface area contributed by atoms with Gasteiger partial charge in [0, 0.05) is 6.04 Å². The maximum Gasteiger partial charge on any atom is 0.404 e. The second-order valence-corrected chi connectivity index (χ2v) is 5.46. The molecule has 0 spiro atoms. The molecule has 2 N–H and O–H groups in total. The van der Waals surface area contributed by atoms with Crippen LogP contribution in [0.5, 0.6) is 0 Å². The average Bonchev–Trinajstić information content (AvgIpc) is 2.39. The smallest absolute Gasteiger partial charge is 0.404 e. The lowest BCUT2D eigenvalue weighted by Gasteiger charge is -2.06. The number of benzene rings is 1. The molecule has 3 heteroatoms. The normalized spacial score (nSPS) is 9.38. The lowest BCUT2D eigenvalue weighted by molar-refractivity contribution is 0.191. The Morgan fingerprint density at radius 3 is 2.00 bits per heavy atom. The summed E-state index contributed by atoms with van der Waals surface area (Å²) in [6.45, 7) is 14.3. The minimum Gasteiger partial charge on any atom is -0.465 e. The third-order valence-corrected chi connectivity index (χ3v) is 2.66. The first-order valence-electron chi connectivity index (χ1n) is 7.86. The number of amides is 1. The third kappa shape index (κ3) is 14.7. The molecule has 0 saturated carbocycles. The van der Waals surface area contributed by atoms with Crippen molar-refractivity contribution < 1.29 is 9.90 Å². The third-order valence-electron chi connectivity index (χ3n) is 2.66. The zero-order valence-electron chi connectivity index (χ0n) is 14.7. The van der Waals surface area contributed by atoms with Crippen LogP contribution in [-0.2, 0) is 6.42 Å². The van der Waals surface area contributed by atoms with Gasteiger partial charge in [-0.05, 0) is 50.7 Å². The monoisotopic (exact) mass is 295 g/mol. The summed E-state index contributed by atoms with van der Waals surface area (Å²) >= 11 is 0. The first kappa shape index (κ1) is 21.8. The van der Waals surface area contributed by atoms with Crippen LogP contribution in [0, 0.1) is 12.8 Å². The molecule has 21 heavy (non-hydrogen) atoms. The fourth-order valence-corrected chi connectivity index (χ4v) is 1.58. The van der Waals surface area contributed by atoms with Crippen LogP contribution in [0.2, 0.25) is 0 Å². The molecule has 0 saturated heterocycles. The predicted octanol–water partition coefficient (Wildman–Crippen LogP) is 5.27. The van der Waals surface area contributed by atoms with Gasteiger partial charge in [0.15, 0.2) is 0 Å². The van der Waals surface area contributed by atoms with Crippen LogP contribution in [0.1, 0.15) is 59.1 Å². The summed E-state index contributed by atoms with van der Waals surface area (Å²) in [6.07, 6.45) is 1.56. The molecule has 122 valence electrons. The highest BCUT2D eigenvalue weighted by molar-refractivity contribution is 5.64. The highest BCUT2D eigenvalue weighted by atomic mass is 16.4. The number of nitrogens with one attached hydrogen (secondary N) is 1. The second kappa shape index (κ2) is 13.5. The molecule has 0 radical (unpaired) electrons. The van der Waals surface area contributed by atoms with Gasteiger partial charge < -0.3 is 10.4 Å². The molecule has 1 aromatic carbocycles. The molecule has 0 heterocycles. The summed E-state index contributed by atoms with van der Waals surface area (Å²) in [5.41, 5.74) is 2.93. The van der Waals surface area contributed by atoms with Gasteiger partial charge >= 0.3 is 6.09 Å². The van der Waals surface area contributed by atoms with Gasteiger partial charge in [-0.3, -0.25) is 0 Å². The Kier molecular flexibility index (Phi) is 14.0. The number of carbonyl (C=O) groups is 1. The molecule has 0 atom stereocenters. The van der Waals surface area contributed by atoms with E-state index in [0.717, 1.165) is 5.92 Å². The molecule has 0 bridgehead atoms. The molecule has 0 aliphatic rings. The number of hydrogen-bond acceptors (Lipinski definition) is 1. The van der Waals surface area contributed by atoms with E-state index in [1.165, 1.54) is 24.0 Å². The lowest BCUT2D eigenvalue weighted by atomic mass is 9.99. The van der Waals surface area contributed by atoms with E-state index in [9.17, 15) is 4.79 Å². The summed E-state index contributed by atoms with van der Waals surface area (Å²) in [5, 5.41) is 10.2. The summed E-state index contributed by atoms with van der Waals surface area (Å²) in [5.74, 6) is 0.810. The fraction of sp³-hybridized carbons (Fsp3) is 0.611. The predicted molar refractivity (Wildman–Crippen MR) is 92.0 cm³/mol. The van der Waals surface area contributed by atoms with Crippen molar-refractivity contribution in [3.8, 4) is 0 Å². The highest BCUT2D eigenvalue weighted by Crippen LogP contribution is 2.12. The van der Waals surface area contributed by atoms with E-state index < -0.39 is 6.09 Å². The van der Waals surface area contributed by atoms with Gasteiger partial charge in [-0.1, -0.05) is 52.0 Å². The Morgan fingerprint density at radius 2 is 1.67 bits per heavy atom. The van der Waals surface area contributed by atoms with E-state index in [4.69, 9.17) is 5.11 Å². The van der Waals surface area contributed by atoms with Crippen LogP contribution < -0.4 is 5.32 Å². The van der Waals surface area contributed by atoms with E-state index in [2.05, 4.69) is 50.4 Å². The summed E-state index contributed by atoms with van der Waals surface area (Å²) < 4.78 is 0. The molecule has 0 fully saturated rings. The van der Waals surface area contributed by atoms with Crippen LogP contribution in [0.15, 0.2) is 24.3 Å². The standard InChI is InChI=1S/C12H18.C4H9NO2.C2H6/c1-10(2)8-9-12-7-5-4-6-11(12)3;1-3(2)5-4(6)7;1-2/h4-7,10H,8-9H2,1-3H3;3,5H,1-2H3,(H,6,7);1-2H3. The van der Waals surface area contributed by atoms with Crippen molar-refractivity contribution in [1.29, 1.82) is 0 Å². The Labute approximate surface area is 130 Å². The largest absolute Gasteiger partial charge is 0.465 e. The van der Waals surface area contributed by atoms with Gasteiger partial charge in [-0.25, -0.2) is 4.79 Å². The molecule has 1 aromatic rings. The molecular formula is C18H33NO2. The molecule has 1 amide bonds. The van der Waals surface area contributed by atoms with Gasteiger partial charge in [-0.15, -0.1) is 0 Å². The minimum absolute atomic E-state index is 0.0255. The summed E-state index contributed by atoms with van der Waals surface area (Å²) in [4.78, 5) is 9.70. The quantitative estimate of drug-likeness (QED) is 0.794. The summed E-state index contributed by atoms with van der Waals surface area (Å²) in [6, 6.07) is 8.68. The van der Waals surface area contributed by atoms with Crippen molar-refractivity contribution in [3.63, 3.8) is 0 Å². The van der Waals surface area contributed by atoms with E-state index >= 15 is 0 Å². The van der Waals surface area contributed by atoms with Crippen molar-refractivity contribution >= 4 is 6.09 Å². The van der Waals surface area contributed by atoms with Crippen LogP contribution in [0.25, 0.3) is 0 Å². The maximum absolute atomic E-state index is 9.70. The van der Waals surface area contributed by atoms with Gasteiger partial charge in [0.05, 0.1) is 0 Å². The van der Waals surface area contributed by atoms with Crippen LogP contribution in [0.4, 0.5) is 4.79 Å². The Hall–Kier alpha value is -1.51. The van der Waals surface area contributed by atoms with Crippen molar-refractivity contribution in [2.45, 2.75) is 67.3 Å². The topological polar surface area (TPSA) is 49.3 Å². The molecule has 1 rings (SSSR count). The van der Waals surface area contributed by atoms with Gasteiger partial charge in [-0.2, -0.15) is 0 Å². The van der Waals surface area contributed by atoms with Gasteiger partial charge in [0.25, 0.3) is 0 Å². The second-order valence-electron chi connectivity index (χ2n) is 5.46. The van der Waals surface area contributed by atoms with Crippen LogP contribution >= 0.6 is 0 Å². The number of carboxylic acid groups (broad SMARTS) is 1.